The Balaban J connectivity index is -0.000000138. The number of hydrogen-bond acceptors (Lipinski definition) is 44. The van der Waals surface area contributed by atoms with E-state index in [-0.39, 0.29) is 62.8 Å². The zero-order chi connectivity index (χ0) is 119. The highest BCUT2D eigenvalue weighted by molar-refractivity contribution is 8.80. The molecule has 0 spiro atoms. The van der Waals surface area contributed by atoms with Crippen LogP contribution in [0.25, 0.3) is 10.4 Å². The quantitative estimate of drug-likeness (QED) is 0.00704. The van der Waals surface area contributed by atoms with E-state index in [1.165, 1.54) is 41.0 Å². The van der Waals surface area contributed by atoms with Crippen molar-refractivity contribution in [2.75, 3.05) is 141 Å². The number of benzene rings is 1. The van der Waals surface area contributed by atoms with Crippen LogP contribution in [0.4, 0.5) is 9.59 Å². The molecule has 0 aliphatic heterocycles. The van der Waals surface area contributed by atoms with Gasteiger partial charge in [-0.05, 0) is 246 Å². The Morgan fingerprint density at radius 1 is 0.453 bits per heavy atom. The van der Waals surface area contributed by atoms with Crippen LogP contribution in [0.2, 0.25) is 0 Å². The molecule has 0 saturated heterocycles. The summed E-state index contributed by atoms with van der Waals surface area (Å²) in [5.41, 5.74) is 14.9. The highest BCUT2D eigenvalue weighted by atomic mass is 33.1. The van der Waals surface area contributed by atoms with E-state index in [4.69, 9.17) is 35.1 Å². The van der Waals surface area contributed by atoms with Crippen molar-refractivity contribution in [3.63, 3.8) is 0 Å². The highest BCUT2D eigenvalue weighted by Crippen LogP contribution is 2.43. The van der Waals surface area contributed by atoms with Gasteiger partial charge >= 0.3 is 12.3 Å². The number of azide groups is 1. The maximum absolute atomic E-state index is 11.8. The topological polar surface area (TPSA) is 304 Å². The molecule has 0 aliphatic carbocycles. The number of ketones is 1. The lowest BCUT2D eigenvalue weighted by Gasteiger charge is -2.23. The van der Waals surface area contributed by atoms with Gasteiger partial charge in [-0.25, -0.2) is 14.6 Å². The first kappa shape index (κ1) is 179. The summed E-state index contributed by atoms with van der Waals surface area (Å²) in [6, 6.07) is 10.7. The molecule has 0 aliphatic rings. The minimum Gasteiger partial charge on any atom is -0.756 e. The van der Waals surface area contributed by atoms with Gasteiger partial charge in [0.2, 0.25) is 5.91 Å². The molecule has 21 nitrogen and oxygen atoms in total. The Labute approximate surface area is 1030 Å². The summed E-state index contributed by atoms with van der Waals surface area (Å²) < 4.78 is 39.5. The van der Waals surface area contributed by atoms with Gasteiger partial charge in [0.1, 0.15) is 12.4 Å². The van der Waals surface area contributed by atoms with Crippen LogP contribution < -0.4 is 10.6 Å². The Bertz CT molecular complexity index is 3270. The van der Waals surface area contributed by atoms with Crippen LogP contribution in [0.15, 0.2) is 45.4 Å². The lowest BCUT2D eigenvalue weighted by Crippen LogP contribution is -2.36. The smallest absolute Gasteiger partial charge is 0.510 e. The van der Waals surface area contributed by atoms with E-state index in [9.17, 15) is 33.4 Å². The number of carbonyl (C=O) groups is 5. The van der Waals surface area contributed by atoms with Crippen LogP contribution in [0.1, 0.15) is 279 Å². The van der Waals surface area contributed by atoms with Crippen molar-refractivity contribution in [3.05, 3.63) is 46.3 Å². The van der Waals surface area contributed by atoms with Gasteiger partial charge in [0, 0.05) is 105 Å². The van der Waals surface area contributed by atoms with Crippen LogP contribution in [0.5, 0.6) is 0 Å². The van der Waals surface area contributed by atoms with Crippen LogP contribution in [-0.4, -0.2) is 260 Å². The van der Waals surface area contributed by atoms with E-state index in [1.54, 1.807) is 177 Å². The first-order chi connectivity index (χ1) is 70.2. The average Bonchev–Trinajstić information content (AvgIpc) is 0.883. The standard InChI is InChI=1S/C11H16S2.C9H15NO3S3.C9H19NOS2.C9H18O3S2.C9H18OS2.C8H16OS3.C7H13NS3.C7H16O.2C7H16S2.C6H13N3S2.C6H15NS2.C6H15O4PS2/c1-9(2)11(13-12-3)10-7-5-4-6-8-10;1-7(2)8(16-15-3)4-12-9(11)13-5-10-6-14;1-6-10(4)9(11)8(7(2)3)13-12-5;1-6(2)8(14-13-5)12-9(10)11-7(3)4;1-5-6-8(10)9(7(2)3)12-11-4;1-6(2)8(12-10-4)5-11-7(3)9;1-6(2)7(11-10-3)4-8-5-9;1-5-8-7(4)6(2)3;2*1-5-7(6(2)3)9-8-4;1-5(2)6(11-10-3)4-8-9-7;1-5(2)6(4-7)9-8-3;1-5(2)6(13-12-3)4-10-11(7,8)9/h4-9,11H,1-3H3;7-8H,4-5H2,1-3H3;7-8H,6H2,1-5H3;6-8H,1-5H3;7,9H,5-6H2,1-4H3;6,8H,5H2,1-4H3;6-7H,4H2,1-3H3;6-7H,5H2,1-4H3;2*6-7H,5H2,1-4H3;5-6H,4H2,1-3H3;5-6H,4,7H2,1-3H3;5-6H,4H2,1-3H3,(H2,7,8,9)/p-1. The summed E-state index contributed by atoms with van der Waals surface area (Å²) in [5, 5.41) is 13.4. The summed E-state index contributed by atoms with van der Waals surface area (Å²) in [5.74, 6) is 9.05. The van der Waals surface area contributed by atoms with E-state index >= 15 is 0 Å². The van der Waals surface area contributed by atoms with Gasteiger partial charge in [0.15, 0.2) is 17.3 Å². The fourth-order valence-corrected chi connectivity index (χ4v) is 38.3. The zero-order valence-electron chi connectivity index (χ0n) is 100. The summed E-state index contributed by atoms with van der Waals surface area (Å²) in [7, 11) is 39.6. The number of phosphoric ester groups is 1. The largest absolute Gasteiger partial charge is 0.756 e. The van der Waals surface area contributed by atoms with Gasteiger partial charge < -0.3 is 48.6 Å². The molecule has 1 amide bonds. The van der Waals surface area contributed by atoms with Gasteiger partial charge in [-0.2, -0.15) is 4.99 Å². The lowest BCUT2D eigenvalue weighted by molar-refractivity contribution is -0.219. The van der Waals surface area contributed by atoms with Crippen LogP contribution in [0, 0.1) is 76.9 Å². The van der Waals surface area contributed by atoms with E-state index in [1.807, 2.05) is 183 Å². The maximum atomic E-state index is 11.8. The molecule has 0 fully saturated rings. The van der Waals surface area contributed by atoms with Crippen LogP contribution in [0.3, 0.4) is 0 Å². The summed E-state index contributed by atoms with van der Waals surface area (Å²) in [6.07, 6.45) is 27.9. The zero-order valence-corrected chi connectivity index (χ0v) is 123. The molecular formula is C101H205N7O14PS27-. The molecular weight excluding hydrogens is 2430 g/mol. The minimum atomic E-state index is -4.56. The van der Waals surface area contributed by atoms with Gasteiger partial charge in [-0.3, -0.25) is 18.9 Å². The van der Waals surface area contributed by atoms with Crippen molar-refractivity contribution in [1.82, 2.24) is 4.90 Å². The highest BCUT2D eigenvalue weighted by Gasteiger charge is 2.28. The summed E-state index contributed by atoms with van der Waals surface area (Å²) in [4.78, 5) is 86.9. The number of amides is 1. The molecule has 0 radical (unpaired) electrons. The number of hydrogen-bond donors (Lipinski definition) is 2. The Hall–Kier alpha value is 4.26. The fourth-order valence-electron chi connectivity index (χ4n) is 9.70. The first-order valence-corrected chi connectivity index (χ1v) is 85.0. The number of isothiocyanates is 2. The lowest BCUT2D eigenvalue weighted by atomic mass is 10.0. The number of ether oxygens (including phenoxy) is 5. The van der Waals surface area contributed by atoms with Crippen molar-refractivity contribution in [1.29, 1.82) is 0 Å². The molecule has 0 aromatic heterocycles. The van der Waals surface area contributed by atoms with Crippen molar-refractivity contribution in [2.24, 2.45) is 97.8 Å². The van der Waals surface area contributed by atoms with E-state index in [0.717, 1.165) is 67.2 Å². The number of rotatable bonds is 63. The molecule has 49 heteroatoms. The third kappa shape index (κ3) is 125. The number of thiocarbonyl (C=S) groups is 2. The van der Waals surface area contributed by atoms with Crippen LogP contribution in [-0.2, 0) is 47.2 Å². The molecule has 896 valence electrons. The minimum absolute atomic E-state index is 0.0282. The predicted molar refractivity (Wildman–Crippen MR) is 739 cm³/mol. The molecule has 3 N–H and O–H groups in total. The number of thioether (sulfide) groups is 1. The van der Waals surface area contributed by atoms with Gasteiger partial charge in [0.05, 0.1) is 51.4 Å². The van der Waals surface area contributed by atoms with Crippen molar-refractivity contribution < 1.29 is 66.5 Å². The van der Waals surface area contributed by atoms with E-state index in [0.29, 0.717) is 110 Å². The van der Waals surface area contributed by atoms with Gasteiger partial charge in [-0.15, -0.1) is 0 Å². The molecule has 0 heterocycles. The molecule has 150 heavy (non-hydrogen) atoms. The SMILES string of the molecule is CCC(SSC)C(C)C.CCC(SSC)C(C)C.CCCC(=O)C(SSC)C(C)C.CCN(C)C(=O)C(SSC)C(C)C.CCOC(C)C(C)C.CSSC(CN)C(C)C.CSSC(CN=C=S)C(C)C.CSSC(CN=[N+]=[N-])C(C)C.CSSC(COC(=O)OCN=C=S)C(C)C.CSSC(COP(=O)([O-])O)C(C)C.CSSC(CSC(C)=O)C(C)C.CSSC(OC(=O)OC(C)C)C(C)C.CSSC(c1ccccc1)C(C)C. The Kier molecular flexibility index (Phi) is 152. The number of phosphoric acid groups is 1. The molecule has 1 rings (SSSR count). The average molecular weight is 2640 g/mol. The third-order valence-corrected chi connectivity index (χ3v) is 50.3. The van der Waals surface area contributed by atoms with Gasteiger partial charge in [0.25, 0.3) is 7.82 Å². The normalized spacial score (nSPS) is 13.7. The molecule has 0 bridgehead atoms. The summed E-state index contributed by atoms with van der Waals surface area (Å²) in [6.45, 7) is 78.1. The summed E-state index contributed by atoms with van der Waals surface area (Å²) >= 11 is 10.3. The molecule has 14 unspecified atom stereocenters. The second-order valence-electron chi connectivity index (χ2n) is 36.5. The Morgan fingerprint density at radius 3 is 1.12 bits per heavy atom. The molecule has 1 aromatic carbocycles. The molecule has 14 atom stereocenters. The van der Waals surface area contributed by atoms with Crippen molar-refractivity contribution in [3.8, 4) is 0 Å². The Morgan fingerprint density at radius 2 is 0.827 bits per heavy atom. The fraction of sp³-hybridized carbons (Fsp3) is 0.871. The first-order valence-electron chi connectivity index (χ1n) is 50.3. The number of nitrogens with two attached hydrogens (primary N) is 1. The number of carbonyl (C=O) groups excluding carboxylic acids is 5. The second kappa shape index (κ2) is 127. The van der Waals surface area contributed by atoms with Crippen molar-refractivity contribution >= 4 is 343 Å². The van der Waals surface area contributed by atoms with E-state index in [2.05, 4.69) is 312 Å². The van der Waals surface area contributed by atoms with E-state index < -0.39 is 20.1 Å². The van der Waals surface area contributed by atoms with Gasteiger partial charge in [-0.1, -0.05) is 496 Å². The monoisotopic (exact) mass is 2630 g/mol. The predicted octanol–water partition coefficient (Wildman–Crippen LogP) is 39.2. The molecule has 0 saturated carbocycles. The van der Waals surface area contributed by atoms with Crippen molar-refractivity contribution in [2.45, 2.75) is 343 Å². The third-order valence-electron chi connectivity index (χ3n) is 19.0. The van der Waals surface area contributed by atoms with Crippen LogP contribution >= 0.6 is 303 Å². The number of nitrogens with zero attached hydrogens (tertiary/aromatic N) is 6. The maximum Gasteiger partial charge on any atom is 0.510 e. The number of Topliss-reactive ketones (excluding diaryl/α,β-unsaturated/α-hetero) is 1. The second-order valence-corrected chi connectivity index (χ2v) is 71.3. The number of aliphatic imine (C=N–C) groups is 2. The molecule has 1 aromatic rings.